The highest BCUT2D eigenvalue weighted by Gasteiger charge is 2.28. The summed E-state index contributed by atoms with van der Waals surface area (Å²) in [6.45, 7) is 9.22. The molecule has 2 aromatic heterocycles. The molecule has 0 radical (unpaired) electrons. The van der Waals surface area contributed by atoms with Gasteiger partial charge in [0.05, 0.1) is 17.6 Å². The smallest absolute Gasteiger partial charge is 0.248 e. The van der Waals surface area contributed by atoms with Crippen molar-refractivity contribution in [3.8, 4) is 22.5 Å². The third kappa shape index (κ3) is 4.84. The van der Waals surface area contributed by atoms with Crippen molar-refractivity contribution in [2.75, 3.05) is 42.9 Å². The largest absolute Gasteiger partial charge is 0.369 e. The number of amides is 1. The lowest BCUT2D eigenvalue weighted by Gasteiger charge is -2.29. The molecule has 6 rings (SSSR count). The van der Waals surface area contributed by atoms with Gasteiger partial charge in [0.25, 0.3) is 0 Å². The van der Waals surface area contributed by atoms with Gasteiger partial charge in [0.2, 0.25) is 5.91 Å². The maximum absolute atomic E-state index is 12.0. The summed E-state index contributed by atoms with van der Waals surface area (Å²) in [6.07, 6.45) is 6.15. The summed E-state index contributed by atoms with van der Waals surface area (Å²) >= 11 is 0. The molecule has 0 spiro atoms. The highest BCUT2D eigenvalue weighted by molar-refractivity contribution is 5.95. The number of piperazine rings is 1. The van der Waals surface area contributed by atoms with E-state index in [4.69, 9.17) is 15.7 Å². The minimum Gasteiger partial charge on any atom is -0.369 e. The number of hydrogen-bond acceptors (Lipinski definition) is 6. The molecule has 1 saturated carbocycles. The van der Waals surface area contributed by atoms with Crippen LogP contribution in [0, 0.1) is 5.92 Å². The predicted octanol–water partition coefficient (Wildman–Crippen LogP) is 4.52. The highest BCUT2D eigenvalue weighted by atomic mass is 16.1. The molecule has 196 valence electrons. The Kier molecular flexibility index (Phi) is 6.49. The standard InChI is InChI=1S/C30H35N7O/c1-19(2)16-33-29-30-34-17-27(22-7-10-24(28(31)38)25(15-22)20-3-4-20)37(30)18-26(35-29)21-5-8-23(9-6-21)36-13-11-32-12-14-36/h5-10,15,17-20,32H,3-4,11-14,16H2,1-2H3,(H2,31,38)(H,33,35). The number of hydrogen-bond donors (Lipinski definition) is 3. The van der Waals surface area contributed by atoms with Gasteiger partial charge in [-0.2, -0.15) is 0 Å². The molecule has 1 aliphatic heterocycles. The van der Waals surface area contributed by atoms with Gasteiger partial charge in [-0.15, -0.1) is 0 Å². The van der Waals surface area contributed by atoms with Gasteiger partial charge >= 0.3 is 0 Å². The van der Waals surface area contributed by atoms with E-state index in [9.17, 15) is 4.79 Å². The maximum atomic E-state index is 12.0. The predicted molar refractivity (Wildman–Crippen MR) is 153 cm³/mol. The molecule has 4 N–H and O–H groups in total. The van der Waals surface area contributed by atoms with Crippen LogP contribution in [0.5, 0.6) is 0 Å². The Morgan fingerprint density at radius 3 is 2.53 bits per heavy atom. The van der Waals surface area contributed by atoms with Gasteiger partial charge in [-0.3, -0.25) is 9.20 Å². The fourth-order valence-electron chi connectivity index (χ4n) is 5.20. The van der Waals surface area contributed by atoms with E-state index in [0.717, 1.165) is 85.1 Å². The lowest BCUT2D eigenvalue weighted by atomic mass is 9.98. The number of imidazole rings is 1. The van der Waals surface area contributed by atoms with Gasteiger partial charge in [-0.25, -0.2) is 9.97 Å². The molecule has 1 saturated heterocycles. The van der Waals surface area contributed by atoms with Crippen molar-refractivity contribution < 1.29 is 4.79 Å². The summed E-state index contributed by atoms with van der Waals surface area (Å²) in [5, 5.41) is 6.93. The number of nitrogens with zero attached hydrogens (tertiary/aromatic N) is 4. The molecule has 2 aliphatic rings. The summed E-state index contributed by atoms with van der Waals surface area (Å²) in [7, 11) is 0. The number of nitrogens with one attached hydrogen (secondary N) is 2. The second-order valence-electron chi connectivity index (χ2n) is 10.8. The van der Waals surface area contributed by atoms with Crippen molar-refractivity contribution >= 4 is 23.1 Å². The summed E-state index contributed by atoms with van der Waals surface area (Å²) < 4.78 is 2.12. The third-order valence-corrected chi connectivity index (χ3v) is 7.45. The van der Waals surface area contributed by atoms with Gasteiger partial charge in [0, 0.05) is 61.3 Å². The maximum Gasteiger partial charge on any atom is 0.248 e. The molecule has 2 fully saturated rings. The monoisotopic (exact) mass is 509 g/mol. The molecule has 0 atom stereocenters. The average Bonchev–Trinajstić information content (AvgIpc) is 3.70. The fourth-order valence-corrected chi connectivity index (χ4v) is 5.20. The molecule has 38 heavy (non-hydrogen) atoms. The quantitative estimate of drug-likeness (QED) is 0.323. The van der Waals surface area contributed by atoms with Crippen LogP contribution in [-0.2, 0) is 0 Å². The zero-order valence-electron chi connectivity index (χ0n) is 22.1. The van der Waals surface area contributed by atoms with E-state index in [0.29, 0.717) is 17.4 Å². The number of aromatic nitrogens is 3. The lowest BCUT2D eigenvalue weighted by Crippen LogP contribution is -2.43. The molecular formula is C30H35N7O. The van der Waals surface area contributed by atoms with Crippen molar-refractivity contribution in [2.45, 2.75) is 32.6 Å². The molecule has 3 heterocycles. The zero-order chi connectivity index (χ0) is 26.2. The van der Waals surface area contributed by atoms with Gasteiger partial charge < -0.3 is 21.3 Å². The van der Waals surface area contributed by atoms with E-state index in [1.807, 2.05) is 18.3 Å². The number of anilines is 2. The van der Waals surface area contributed by atoms with Crippen molar-refractivity contribution in [2.24, 2.45) is 11.7 Å². The minimum absolute atomic E-state index is 0.368. The molecule has 8 heteroatoms. The van der Waals surface area contributed by atoms with E-state index in [2.05, 4.69) is 70.3 Å². The Bertz CT molecular complexity index is 1460. The first kappa shape index (κ1) is 24.4. The van der Waals surface area contributed by atoms with Crippen LogP contribution in [0.4, 0.5) is 11.5 Å². The summed E-state index contributed by atoms with van der Waals surface area (Å²) in [5.41, 5.74) is 13.3. The molecular weight excluding hydrogens is 474 g/mol. The van der Waals surface area contributed by atoms with E-state index < -0.39 is 0 Å². The van der Waals surface area contributed by atoms with E-state index in [1.54, 1.807) is 0 Å². The lowest BCUT2D eigenvalue weighted by molar-refractivity contribution is 0.0999. The summed E-state index contributed by atoms with van der Waals surface area (Å²) in [6, 6.07) is 14.6. The average molecular weight is 510 g/mol. The van der Waals surface area contributed by atoms with Crippen LogP contribution >= 0.6 is 0 Å². The normalized spacial score (nSPS) is 15.8. The van der Waals surface area contributed by atoms with Crippen LogP contribution in [-0.4, -0.2) is 53.0 Å². The Balaban J connectivity index is 1.42. The summed E-state index contributed by atoms with van der Waals surface area (Å²) in [4.78, 5) is 24.2. The molecule has 1 aliphatic carbocycles. The minimum atomic E-state index is -0.368. The van der Waals surface area contributed by atoms with E-state index in [1.165, 1.54) is 5.69 Å². The second kappa shape index (κ2) is 10.1. The van der Waals surface area contributed by atoms with Crippen molar-refractivity contribution in [3.63, 3.8) is 0 Å². The van der Waals surface area contributed by atoms with Gasteiger partial charge in [-0.05, 0) is 54.5 Å². The first-order valence-electron chi connectivity index (χ1n) is 13.6. The fraction of sp³-hybridized carbons (Fsp3) is 0.367. The molecule has 1 amide bonds. The Morgan fingerprint density at radius 1 is 1.11 bits per heavy atom. The zero-order valence-corrected chi connectivity index (χ0v) is 22.1. The van der Waals surface area contributed by atoms with Crippen molar-refractivity contribution in [1.82, 2.24) is 19.7 Å². The number of primary amides is 1. The first-order valence-corrected chi connectivity index (χ1v) is 13.6. The molecule has 0 bridgehead atoms. The summed E-state index contributed by atoms with van der Waals surface area (Å²) in [5.74, 6) is 1.28. The first-order chi connectivity index (χ1) is 18.5. The molecule has 2 aromatic carbocycles. The highest BCUT2D eigenvalue weighted by Crippen LogP contribution is 2.43. The van der Waals surface area contributed by atoms with Gasteiger partial charge in [0.15, 0.2) is 11.5 Å². The molecule has 4 aromatic rings. The van der Waals surface area contributed by atoms with Crippen LogP contribution in [0.3, 0.4) is 0 Å². The second-order valence-corrected chi connectivity index (χ2v) is 10.8. The number of carbonyl (C=O) groups excluding carboxylic acids is 1. The number of carbonyl (C=O) groups is 1. The number of rotatable bonds is 8. The third-order valence-electron chi connectivity index (χ3n) is 7.45. The van der Waals surface area contributed by atoms with Crippen LogP contribution in [0.2, 0.25) is 0 Å². The van der Waals surface area contributed by atoms with Crippen molar-refractivity contribution in [1.29, 1.82) is 0 Å². The Labute approximate surface area is 223 Å². The van der Waals surface area contributed by atoms with Crippen LogP contribution in [0.1, 0.15) is 48.5 Å². The SMILES string of the molecule is CC(C)CNc1nc(-c2ccc(N3CCNCC3)cc2)cn2c(-c3ccc(C(N)=O)c(C4CC4)c3)cnc12. The Hall–Kier alpha value is -3.91. The van der Waals surface area contributed by atoms with Crippen LogP contribution in [0.15, 0.2) is 54.9 Å². The number of nitrogens with two attached hydrogens (primary N) is 1. The molecule has 8 nitrogen and oxygen atoms in total. The van der Waals surface area contributed by atoms with Crippen molar-refractivity contribution in [3.05, 3.63) is 66.0 Å². The Morgan fingerprint density at radius 2 is 1.84 bits per heavy atom. The van der Waals surface area contributed by atoms with Gasteiger partial charge in [-0.1, -0.05) is 32.0 Å². The number of fused-ring (bicyclic) bond motifs is 1. The van der Waals surface area contributed by atoms with Crippen LogP contribution in [0.25, 0.3) is 28.2 Å². The topological polar surface area (TPSA) is 101 Å². The number of benzene rings is 2. The van der Waals surface area contributed by atoms with Gasteiger partial charge in [0.1, 0.15) is 0 Å². The van der Waals surface area contributed by atoms with E-state index >= 15 is 0 Å². The van der Waals surface area contributed by atoms with E-state index in [-0.39, 0.29) is 5.91 Å². The van der Waals surface area contributed by atoms with Crippen LogP contribution < -0.4 is 21.3 Å². The molecule has 0 unspecified atom stereocenters.